The van der Waals surface area contributed by atoms with Crippen molar-refractivity contribution >= 4 is 23.4 Å². The number of fused-ring (bicyclic) bond motifs is 2. The Balaban J connectivity index is 1.47. The van der Waals surface area contributed by atoms with Crippen molar-refractivity contribution in [2.24, 2.45) is 0 Å². The van der Waals surface area contributed by atoms with Crippen LogP contribution in [0.3, 0.4) is 0 Å². The zero-order chi connectivity index (χ0) is 22.0. The second-order valence-corrected chi connectivity index (χ2v) is 7.54. The van der Waals surface area contributed by atoms with Crippen molar-refractivity contribution in [3.05, 3.63) is 47.5 Å². The normalized spacial score (nSPS) is 14.2. The molecule has 2 aliphatic heterocycles. The minimum absolute atomic E-state index is 0.0450. The molecule has 2 aliphatic rings. The molecule has 0 saturated heterocycles. The third-order valence-corrected chi connectivity index (χ3v) is 4.81. The van der Waals surface area contributed by atoms with Gasteiger partial charge in [-0.25, -0.2) is 0 Å². The predicted molar refractivity (Wildman–Crippen MR) is 111 cm³/mol. The molecule has 0 spiro atoms. The zero-order valence-corrected chi connectivity index (χ0v) is 17.3. The summed E-state index contributed by atoms with van der Waals surface area (Å²) in [6.45, 7) is 3.87. The van der Waals surface area contributed by atoms with Gasteiger partial charge >= 0.3 is 0 Å². The number of anilines is 1. The molecule has 2 aromatic rings. The van der Waals surface area contributed by atoms with Gasteiger partial charge in [-0.1, -0.05) is 6.07 Å². The molecule has 4 rings (SSSR count). The maximum Gasteiger partial charge on any atom is 0.265 e. The predicted octanol–water partition coefficient (Wildman–Crippen LogP) is 1.60. The molecule has 2 N–H and O–H groups in total. The Hall–Kier alpha value is -3.75. The summed E-state index contributed by atoms with van der Waals surface area (Å²) in [6.07, 6.45) is 0. The number of ether oxygens (including phenoxy) is 3. The maximum absolute atomic E-state index is 12.7. The summed E-state index contributed by atoms with van der Waals surface area (Å²) in [6, 6.07) is 10.2. The molecule has 0 unspecified atom stereocenters. The summed E-state index contributed by atoms with van der Waals surface area (Å²) in [5.74, 6) is 0.829. The van der Waals surface area contributed by atoms with Crippen LogP contribution in [0.15, 0.2) is 36.4 Å². The van der Waals surface area contributed by atoms with Gasteiger partial charge in [0.2, 0.25) is 12.7 Å². The topological polar surface area (TPSA) is 106 Å². The Morgan fingerprint density at radius 2 is 1.81 bits per heavy atom. The Labute approximate surface area is 179 Å². The van der Waals surface area contributed by atoms with E-state index in [-0.39, 0.29) is 43.7 Å². The number of nitrogens with one attached hydrogen (secondary N) is 2. The number of hydrogen-bond acceptors (Lipinski definition) is 6. The lowest BCUT2D eigenvalue weighted by molar-refractivity contribution is -0.125. The summed E-state index contributed by atoms with van der Waals surface area (Å²) < 4.78 is 16.1. The van der Waals surface area contributed by atoms with Crippen molar-refractivity contribution in [2.45, 2.75) is 26.4 Å². The molecule has 31 heavy (non-hydrogen) atoms. The van der Waals surface area contributed by atoms with Gasteiger partial charge in [0.15, 0.2) is 18.1 Å². The number of benzene rings is 2. The highest BCUT2D eigenvalue weighted by molar-refractivity contribution is 6.04. The quantitative estimate of drug-likeness (QED) is 0.728. The van der Waals surface area contributed by atoms with E-state index in [0.717, 1.165) is 5.56 Å². The van der Waals surface area contributed by atoms with Crippen molar-refractivity contribution in [3.8, 4) is 17.2 Å². The molecule has 2 heterocycles. The van der Waals surface area contributed by atoms with E-state index >= 15 is 0 Å². The van der Waals surface area contributed by atoms with E-state index in [0.29, 0.717) is 35.0 Å². The molecule has 0 bridgehead atoms. The second kappa shape index (κ2) is 8.55. The maximum atomic E-state index is 12.7. The average molecular weight is 425 g/mol. The number of rotatable bonds is 6. The molecule has 0 fully saturated rings. The largest absolute Gasteiger partial charge is 0.482 e. The molecule has 3 amide bonds. The number of amides is 3. The first kappa shape index (κ1) is 20.5. The Morgan fingerprint density at radius 3 is 2.61 bits per heavy atom. The average Bonchev–Trinajstić information content (AvgIpc) is 3.21. The first-order valence-electron chi connectivity index (χ1n) is 9.94. The van der Waals surface area contributed by atoms with Crippen LogP contribution in [0.2, 0.25) is 0 Å². The van der Waals surface area contributed by atoms with Gasteiger partial charge in [-0.15, -0.1) is 0 Å². The SMILES string of the molecule is CC(C)NC(=O)CN1C(=O)COc2ccc(C(=O)NCc3ccc4c(c3)OCO4)cc21. The monoisotopic (exact) mass is 425 g/mol. The van der Waals surface area contributed by atoms with E-state index < -0.39 is 0 Å². The summed E-state index contributed by atoms with van der Waals surface area (Å²) in [4.78, 5) is 38.6. The molecule has 162 valence electrons. The van der Waals surface area contributed by atoms with Crippen LogP contribution in [0.5, 0.6) is 17.2 Å². The molecule has 2 aromatic carbocycles. The van der Waals surface area contributed by atoms with Gasteiger partial charge in [0, 0.05) is 18.2 Å². The van der Waals surface area contributed by atoms with E-state index in [1.807, 2.05) is 26.0 Å². The molecule has 0 radical (unpaired) electrons. The van der Waals surface area contributed by atoms with Gasteiger partial charge in [-0.3, -0.25) is 19.3 Å². The second-order valence-electron chi connectivity index (χ2n) is 7.54. The molecule has 9 nitrogen and oxygen atoms in total. The molecule has 0 aromatic heterocycles. The standard InChI is InChI=1S/C22H23N3O6/c1-13(2)24-20(26)10-25-16-8-15(4-6-17(16)29-11-21(25)27)22(28)23-9-14-3-5-18-19(7-14)31-12-30-18/h3-8,13H,9-12H2,1-2H3,(H,23,28)(H,24,26). The summed E-state index contributed by atoms with van der Waals surface area (Å²) in [7, 11) is 0. The molecule has 0 atom stereocenters. The van der Waals surface area contributed by atoms with Crippen LogP contribution in [0.4, 0.5) is 5.69 Å². The number of hydrogen-bond donors (Lipinski definition) is 2. The van der Waals surface area contributed by atoms with Crippen molar-refractivity contribution in [3.63, 3.8) is 0 Å². The Morgan fingerprint density at radius 1 is 1.03 bits per heavy atom. The van der Waals surface area contributed by atoms with Crippen LogP contribution in [0.25, 0.3) is 0 Å². The van der Waals surface area contributed by atoms with Crippen LogP contribution in [0, 0.1) is 0 Å². The van der Waals surface area contributed by atoms with Crippen molar-refractivity contribution in [1.82, 2.24) is 10.6 Å². The molecular formula is C22H23N3O6. The van der Waals surface area contributed by atoms with Crippen LogP contribution in [-0.2, 0) is 16.1 Å². The minimum atomic E-state index is -0.343. The lowest BCUT2D eigenvalue weighted by Crippen LogP contribution is -2.46. The van der Waals surface area contributed by atoms with E-state index in [4.69, 9.17) is 14.2 Å². The fraction of sp³-hybridized carbons (Fsp3) is 0.318. The Bertz CT molecular complexity index is 1040. The highest BCUT2D eigenvalue weighted by Gasteiger charge is 2.28. The first-order valence-corrected chi connectivity index (χ1v) is 9.94. The van der Waals surface area contributed by atoms with E-state index in [9.17, 15) is 14.4 Å². The van der Waals surface area contributed by atoms with Gasteiger partial charge in [0.1, 0.15) is 12.3 Å². The molecular weight excluding hydrogens is 402 g/mol. The lowest BCUT2D eigenvalue weighted by Gasteiger charge is -2.29. The third-order valence-electron chi connectivity index (χ3n) is 4.81. The van der Waals surface area contributed by atoms with E-state index in [1.54, 1.807) is 24.3 Å². The van der Waals surface area contributed by atoms with Gasteiger partial charge in [-0.05, 0) is 49.7 Å². The van der Waals surface area contributed by atoms with Gasteiger partial charge in [0.25, 0.3) is 11.8 Å². The van der Waals surface area contributed by atoms with Crippen molar-refractivity contribution in [1.29, 1.82) is 0 Å². The number of carbonyl (C=O) groups is 3. The Kier molecular flexibility index (Phi) is 5.66. The highest BCUT2D eigenvalue weighted by atomic mass is 16.7. The third kappa shape index (κ3) is 4.55. The van der Waals surface area contributed by atoms with Crippen molar-refractivity contribution in [2.75, 3.05) is 24.8 Å². The van der Waals surface area contributed by atoms with Crippen LogP contribution in [0.1, 0.15) is 29.8 Å². The van der Waals surface area contributed by atoms with Gasteiger partial charge in [-0.2, -0.15) is 0 Å². The van der Waals surface area contributed by atoms with Gasteiger partial charge in [0.05, 0.1) is 5.69 Å². The zero-order valence-electron chi connectivity index (χ0n) is 17.3. The van der Waals surface area contributed by atoms with E-state index in [2.05, 4.69) is 10.6 Å². The van der Waals surface area contributed by atoms with Gasteiger partial charge < -0.3 is 24.8 Å². The minimum Gasteiger partial charge on any atom is -0.482 e. The summed E-state index contributed by atoms with van der Waals surface area (Å²) in [5.41, 5.74) is 1.61. The molecule has 9 heteroatoms. The molecule has 0 aliphatic carbocycles. The smallest absolute Gasteiger partial charge is 0.265 e. The van der Waals surface area contributed by atoms with E-state index in [1.165, 1.54) is 4.90 Å². The fourth-order valence-electron chi connectivity index (χ4n) is 3.36. The fourth-order valence-corrected chi connectivity index (χ4v) is 3.36. The van der Waals surface area contributed by atoms with Crippen LogP contribution < -0.4 is 29.7 Å². The first-order chi connectivity index (χ1) is 14.9. The number of carbonyl (C=O) groups excluding carboxylic acids is 3. The van der Waals surface area contributed by atoms with Crippen LogP contribution in [-0.4, -0.2) is 43.7 Å². The van der Waals surface area contributed by atoms with Crippen molar-refractivity contribution < 1.29 is 28.6 Å². The van der Waals surface area contributed by atoms with Crippen LogP contribution >= 0.6 is 0 Å². The lowest BCUT2D eigenvalue weighted by atomic mass is 10.1. The summed E-state index contributed by atoms with van der Waals surface area (Å²) >= 11 is 0. The summed E-state index contributed by atoms with van der Waals surface area (Å²) in [5, 5.41) is 5.61. The highest BCUT2D eigenvalue weighted by Crippen LogP contribution is 2.34. The number of nitrogens with zero attached hydrogens (tertiary/aromatic N) is 1. The molecule has 0 saturated carbocycles.